The fourth-order valence-electron chi connectivity index (χ4n) is 3.47. The Bertz CT molecular complexity index is 760. The number of amides is 2. The van der Waals surface area contributed by atoms with Crippen molar-refractivity contribution < 1.29 is 23.5 Å². The first-order valence-electron chi connectivity index (χ1n) is 11.1. The van der Waals surface area contributed by atoms with E-state index >= 15 is 0 Å². The highest BCUT2D eigenvalue weighted by Crippen LogP contribution is 2.24. The number of hydrogen-bond donors (Lipinski definition) is 1. The van der Waals surface area contributed by atoms with Crippen LogP contribution in [-0.4, -0.2) is 47.7 Å². The minimum absolute atomic E-state index is 0.0130. The molecule has 0 spiro atoms. The Kier molecular flexibility index (Phi) is 8.32. The Morgan fingerprint density at radius 2 is 1.77 bits per heavy atom. The molecule has 2 amide bonds. The molecule has 1 N–H and O–H groups in total. The summed E-state index contributed by atoms with van der Waals surface area (Å²) in [5, 5.41) is 2.75. The summed E-state index contributed by atoms with van der Waals surface area (Å²) >= 11 is 0. The van der Waals surface area contributed by atoms with Gasteiger partial charge in [0.25, 0.3) is 5.91 Å². The van der Waals surface area contributed by atoms with Crippen molar-refractivity contribution >= 4 is 12.0 Å². The van der Waals surface area contributed by atoms with Crippen LogP contribution in [0.2, 0.25) is 0 Å². The van der Waals surface area contributed by atoms with Crippen molar-refractivity contribution in [3.63, 3.8) is 0 Å². The molecule has 1 heterocycles. The average molecular weight is 437 g/mol. The van der Waals surface area contributed by atoms with Gasteiger partial charge in [-0.3, -0.25) is 4.79 Å². The predicted octanol–water partition coefficient (Wildman–Crippen LogP) is 5.16. The summed E-state index contributed by atoms with van der Waals surface area (Å²) in [6, 6.07) is 4.34. The monoisotopic (exact) mass is 436 g/mol. The Morgan fingerprint density at radius 1 is 1.13 bits per heavy atom. The molecule has 0 bridgehead atoms. The number of piperidine rings is 1. The topological polar surface area (TPSA) is 67.9 Å². The Labute approximate surface area is 185 Å². The fourth-order valence-corrected chi connectivity index (χ4v) is 3.47. The number of halogens is 1. The molecule has 1 saturated heterocycles. The summed E-state index contributed by atoms with van der Waals surface area (Å²) in [4.78, 5) is 26.0. The van der Waals surface area contributed by atoms with Gasteiger partial charge in [0, 0.05) is 24.7 Å². The van der Waals surface area contributed by atoms with Gasteiger partial charge < -0.3 is 19.7 Å². The molecular weight excluding hydrogens is 399 g/mol. The average Bonchev–Trinajstić information content (AvgIpc) is 2.63. The first kappa shape index (κ1) is 25.0. The normalized spacial score (nSPS) is 15.5. The van der Waals surface area contributed by atoms with Crippen LogP contribution >= 0.6 is 0 Å². The molecular formula is C24H37FN2O4. The molecule has 1 aliphatic heterocycles. The Balaban J connectivity index is 1.71. The van der Waals surface area contributed by atoms with Crippen LogP contribution in [0.5, 0.6) is 5.75 Å². The number of likely N-dealkylation sites (tertiary alicyclic amines) is 1. The quantitative estimate of drug-likeness (QED) is 0.626. The second-order valence-electron chi connectivity index (χ2n) is 10.2. The molecule has 0 saturated carbocycles. The van der Waals surface area contributed by atoms with Gasteiger partial charge in [-0.05, 0) is 85.3 Å². The zero-order valence-electron chi connectivity index (χ0n) is 19.7. The van der Waals surface area contributed by atoms with E-state index in [1.54, 1.807) is 11.0 Å². The van der Waals surface area contributed by atoms with Crippen LogP contribution in [0.4, 0.5) is 9.18 Å². The Morgan fingerprint density at radius 3 is 2.32 bits per heavy atom. The van der Waals surface area contributed by atoms with Crippen molar-refractivity contribution in [1.29, 1.82) is 0 Å². The van der Waals surface area contributed by atoms with Gasteiger partial charge in [0.05, 0.1) is 12.2 Å². The van der Waals surface area contributed by atoms with E-state index in [4.69, 9.17) is 9.47 Å². The molecule has 0 unspecified atom stereocenters. The van der Waals surface area contributed by atoms with Gasteiger partial charge in [-0.15, -0.1) is 0 Å². The van der Waals surface area contributed by atoms with E-state index < -0.39 is 22.9 Å². The largest absolute Gasteiger partial charge is 0.493 e. The summed E-state index contributed by atoms with van der Waals surface area (Å²) in [5.74, 6) is -0.0601. The zero-order valence-corrected chi connectivity index (χ0v) is 19.7. The van der Waals surface area contributed by atoms with E-state index in [9.17, 15) is 14.0 Å². The molecule has 0 aromatic heterocycles. The Hall–Kier alpha value is -2.31. The maximum absolute atomic E-state index is 14.3. The smallest absolute Gasteiger partial charge is 0.410 e. The van der Waals surface area contributed by atoms with E-state index in [0.717, 1.165) is 25.7 Å². The number of carbonyl (C=O) groups is 2. The minimum Gasteiger partial charge on any atom is -0.493 e. The second kappa shape index (κ2) is 10.3. The third kappa shape index (κ3) is 8.75. The lowest BCUT2D eigenvalue weighted by atomic mass is 9.92. The molecule has 2 rings (SSSR count). The van der Waals surface area contributed by atoms with Gasteiger partial charge in [0.2, 0.25) is 0 Å². The lowest BCUT2D eigenvalue weighted by Gasteiger charge is -2.33. The van der Waals surface area contributed by atoms with Crippen molar-refractivity contribution in [1.82, 2.24) is 10.2 Å². The second-order valence-corrected chi connectivity index (χ2v) is 10.2. The van der Waals surface area contributed by atoms with E-state index in [2.05, 4.69) is 5.32 Å². The van der Waals surface area contributed by atoms with Crippen LogP contribution in [-0.2, 0) is 4.74 Å². The summed E-state index contributed by atoms with van der Waals surface area (Å²) in [6.07, 6.45) is 3.51. The summed E-state index contributed by atoms with van der Waals surface area (Å²) < 4.78 is 25.4. The molecule has 1 aliphatic rings. The minimum atomic E-state index is -0.589. The lowest BCUT2D eigenvalue weighted by molar-refractivity contribution is 0.0179. The van der Waals surface area contributed by atoms with Gasteiger partial charge in [-0.25, -0.2) is 9.18 Å². The number of ether oxygens (including phenoxy) is 2. The van der Waals surface area contributed by atoms with Gasteiger partial charge in [-0.2, -0.15) is 0 Å². The number of nitrogens with one attached hydrogen (secondary N) is 1. The highest BCUT2D eigenvalue weighted by atomic mass is 19.1. The highest BCUT2D eigenvalue weighted by molar-refractivity contribution is 5.95. The van der Waals surface area contributed by atoms with Crippen LogP contribution in [0.15, 0.2) is 18.2 Å². The third-order valence-electron chi connectivity index (χ3n) is 4.97. The number of hydrogen-bond acceptors (Lipinski definition) is 4. The van der Waals surface area contributed by atoms with Crippen molar-refractivity contribution in [2.45, 2.75) is 78.4 Å². The fraction of sp³-hybridized carbons (Fsp3) is 0.667. The molecule has 7 heteroatoms. The van der Waals surface area contributed by atoms with E-state index in [0.29, 0.717) is 31.4 Å². The lowest BCUT2D eigenvalue weighted by Crippen LogP contribution is -2.41. The molecule has 1 fully saturated rings. The van der Waals surface area contributed by atoms with Crippen molar-refractivity contribution in [3.8, 4) is 5.75 Å². The van der Waals surface area contributed by atoms with Gasteiger partial charge in [-0.1, -0.05) is 0 Å². The van der Waals surface area contributed by atoms with E-state index in [1.807, 2.05) is 41.5 Å². The molecule has 0 aliphatic carbocycles. The molecule has 1 aromatic rings. The molecule has 1 aromatic carbocycles. The van der Waals surface area contributed by atoms with Crippen molar-refractivity contribution in [2.75, 3.05) is 19.7 Å². The maximum Gasteiger partial charge on any atom is 0.410 e. The number of nitrogens with zero attached hydrogens (tertiary/aromatic N) is 1. The molecule has 0 radical (unpaired) electrons. The zero-order chi connectivity index (χ0) is 23.2. The van der Waals surface area contributed by atoms with E-state index in [1.165, 1.54) is 12.1 Å². The number of carbonyl (C=O) groups excluding carboxylic acids is 2. The SMILES string of the molecule is CC(C)(C)NC(=O)c1ccc(OCCCC2CCN(C(=O)OC(C)(C)C)CC2)cc1F. The highest BCUT2D eigenvalue weighted by Gasteiger charge is 2.26. The molecule has 6 nitrogen and oxygen atoms in total. The van der Waals surface area contributed by atoms with Crippen molar-refractivity contribution in [3.05, 3.63) is 29.6 Å². The van der Waals surface area contributed by atoms with Crippen LogP contribution in [0.3, 0.4) is 0 Å². The van der Waals surface area contributed by atoms with E-state index in [-0.39, 0.29) is 11.7 Å². The summed E-state index contributed by atoms with van der Waals surface area (Å²) in [7, 11) is 0. The standard InChI is InChI=1S/C24H37FN2O4/c1-23(2,3)26-21(28)19-10-9-18(16-20(19)25)30-15-7-8-17-11-13-27(14-12-17)22(29)31-24(4,5)6/h9-10,16-17H,7-8,11-15H2,1-6H3,(H,26,28). The maximum atomic E-state index is 14.3. The van der Waals surface area contributed by atoms with Crippen LogP contribution in [0.1, 0.15) is 77.6 Å². The van der Waals surface area contributed by atoms with Crippen LogP contribution in [0, 0.1) is 11.7 Å². The number of rotatable bonds is 6. The summed E-state index contributed by atoms with van der Waals surface area (Å²) in [6.45, 7) is 13.1. The van der Waals surface area contributed by atoms with Gasteiger partial charge >= 0.3 is 6.09 Å². The predicted molar refractivity (Wildman–Crippen MR) is 119 cm³/mol. The molecule has 0 atom stereocenters. The third-order valence-corrected chi connectivity index (χ3v) is 4.97. The van der Waals surface area contributed by atoms with Crippen LogP contribution < -0.4 is 10.1 Å². The van der Waals surface area contributed by atoms with Crippen molar-refractivity contribution in [2.24, 2.45) is 5.92 Å². The molecule has 174 valence electrons. The first-order chi connectivity index (χ1) is 14.3. The van der Waals surface area contributed by atoms with Gasteiger partial charge in [0.15, 0.2) is 0 Å². The van der Waals surface area contributed by atoms with Gasteiger partial charge in [0.1, 0.15) is 17.2 Å². The first-order valence-corrected chi connectivity index (χ1v) is 11.1. The molecule has 31 heavy (non-hydrogen) atoms. The number of benzene rings is 1. The van der Waals surface area contributed by atoms with Crippen LogP contribution in [0.25, 0.3) is 0 Å². The summed E-state index contributed by atoms with van der Waals surface area (Å²) in [5.41, 5.74) is -0.889.